The van der Waals surface area contributed by atoms with Crippen LogP contribution in [0.2, 0.25) is 0 Å². The maximum absolute atomic E-state index is 11.2. The maximum atomic E-state index is 11.2. The number of benzene rings is 1. The zero-order chi connectivity index (χ0) is 10.7. The molecule has 0 aliphatic carbocycles. The van der Waals surface area contributed by atoms with Crippen LogP contribution in [0, 0.1) is 3.57 Å². The number of Topliss-reactive ketones (excluding diaryl/α,β-unsaturated/α-hetero) is 1. The molecule has 14 heavy (non-hydrogen) atoms. The first-order valence-corrected chi connectivity index (χ1v) is 5.09. The Balaban J connectivity index is 3.14. The van der Waals surface area contributed by atoms with E-state index < -0.39 is 5.97 Å². The summed E-state index contributed by atoms with van der Waals surface area (Å²) in [4.78, 5) is 21.7. The largest absolute Gasteiger partial charge is 0.481 e. The number of rotatable bonds is 3. The lowest BCUT2D eigenvalue weighted by atomic mass is 10.0. The average Bonchev–Trinajstić information content (AvgIpc) is 2.07. The number of carbonyl (C=O) groups is 2. The first-order valence-electron chi connectivity index (χ1n) is 4.02. The monoisotopic (exact) mass is 304 g/mol. The predicted molar refractivity (Wildman–Crippen MR) is 60.5 cm³/mol. The van der Waals surface area contributed by atoms with Crippen LogP contribution in [0.25, 0.3) is 0 Å². The number of carboxylic acids is 1. The lowest BCUT2D eigenvalue weighted by Gasteiger charge is -2.04. The number of carbonyl (C=O) groups excluding carboxylic acids is 1. The molecular weight excluding hydrogens is 295 g/mol. The normalized spacial score (nSPS) is 9.86. The van der Waals surface area contributed by atoms with Gasteiger partial charge in [-0.1, -0.05) is 6.07 Å². The van der Waals surface area contributed by atoms with Crippen molar-refractivity contribution in [1.29, 1.82) is 0 Å². The quantitative estimate of drug-likeness (QED) is 0.687. The molecule has 0 atom stereocenters. The Morgan fingerprint density at radius 2 is 2.07 bits per heavy atom. The second kappa shape index (κ2) is 4.54. The van der Waals surface area contributed by atoms with Gasteiger partial charge < -0.3 is 5.11 Å². The summed E-state index contributed by atoms with van der Waals surface area (Å²) in [7, 11) is 0. The Morgan fingerprint density at radius 3 is 2.57 bits per heavy atom. The van der Waals surface area contributed by atoms with Crippen LogP contribution in [0.3, 0.4) is 0 Å². The molecule has 1 N–H and O–H groups in total. The Bertz CT molecular complexity index is 385. The fourth-order valence-corrected chi connectivity index (χ4v) is 1.68. The molecule has 0 spiro atoms. The smallest absolute Gasteiger partial charge is 0.307 e. The second-order valence-electron chi connectivity index (χ2n) is 2.93. The van der Waals surface area contributed by atoms with Crippen LogP contribution >= 0.6 is 22.6 Å². The summed E-state index contributed by atoms with van der Waals surface area (Å²) in [5, 5.41) is 8.63. The molecule has 4 heteroatoms. The highest BCUT2D eigenvalue weighted by molar-refractivity contribution is 14.1. The molecule has 0 aliphatic rings. The minimum atomic E-state index is -0.922. The minimum Gasteiger partial charge on any atom is -0.481 e. The molecule has 0 saturated heterocycles. The number of halogens is 1. The van der Waals surface area contributed by atoms with Gasteiger partial charge in [-0.25, -0.2) is 0 Å². The van der Waals surface area contributed by atoms with Crippen molar-refractivity contribution < 1.29 is 14.7 Å². The standard InChI is InChI=1S/C10H9IO3/c1-6(12)9-5-8(11)3-2-7(9)4-10(13)14/h2-3,5H,4H2,1H3,(H,13,14). The van der Waals surface area contributed by atoms with Crippen LogP contribution in [0.15, 0.2) is 18.2 Å². The molecule has 1 aromatic carbocycles. The third-order valence-electron chi connectivity index (χ3n) is 1.79. The molecule has 1 rings (SSSR count). The molecule has 0 aliphatic heterocycles. The van der Waals surface area contributed by atoms with Crippen molar-refractivity contribution >= 4 is 34.3 Å². The maximum Gasteiger partial charge on any atom is 0.307 e. The van der Waals surface area contributed by atoms with E-state index in [9.17, 15) is 9.59 Å². The van der Waals surface area contributed by atoms with E-state index in [0.717, 1.165) is 3.57 Å². The van der Waals surface area contributed by atoms with Crippen LogP contribution in [0.1, 0.15) is 22.8 Å². The first-order chi connectivity index (χ1) is 6.50. The summed E-state index contributed by atoms with van der Waals surface area (Å²) in [6, 6.07) is 5.19. The van der Waals surface area contributed by atoms with Crippen molar-refractivity contribution in [2.45, 2.75) is 13.3 Å². The molecule has 0 unspecified atom stereocenters. The number of ketones is 1. The highest BCUT2D eigenvalue weighted by Crippen LogP contribution is 2.15. The summed E-state index contributed by atoms with van der Waals surface area (Å²) >= 11 is 2.09. The van der Waals surface area contributed by atoms with E-state index in [2.05, 4.69) is 22.6 Å². The Kier molecular flexibility index (Phi) is 3.62. The molecule has 0 fully saturated rings. The molecule has 0 heterocycles. The van der Waals surface area contributed by atoms with Gasteiger partial charge in [-0.2, -0.15) is 0 Å². The molecule has 0 radical (unpaired) electrons. The highest BCUT2D eigenvalue weighted by atomic mass is 127. The molecule has 0 aromatic heterocycles. The van der Waals surface area contributed by atoms with E-state index in [-0.39, 0.29) is 12.2 Å². The van der Waals surface area contributed by atoms with Gasteiger partial charge >= 0.3 is 5.97 Å². The van der Waals surface area contributed by atoms with Gasteiger partial charge in [0.05, 0.1) is 6.42 Å². The van der Waals surface area contributed by atoms with Crippen LogP contribution in [-0.4, -0.2) is 16.9 Å². The lowest BCUT2D eigenvalue weighted by molar-refractivity contribution is -0.136. The number of hydrogen-bond donors (Lipinski definition) is 1. The van der Waals surface area contributed by atoms with Crippen molar-refractivity contribution in [3.63, 3.8) is 0 Å². The Labute approximate surface area is 95.3 Å². The van der Waals surface area contributed by atoms with Crippen LogP contribution < -0.4 is 0 Å². The second-order valence-corrected chi connectivity index (χ2v) is 4.17. The molecule has 74 valence electrons. The third-order valence-corrected chi connectivity index (χ3v) is 2.46. The summed E-state index contributed by atoms with van der Waals surface area (Å²) in [5.74, 6) is -1.02. The number of hydrogen-bond acceptors (Lipinski definition) is 2. The van der Waals surface area contributed by atoms with Gasteiger partial charge in [0.25, 0.3) is 0 Å². The van der Waals surface area contributed by atoms with E-state index in [1.54, 1.807) is 18.2 Å². The Hall–Kier alpha value is -0.910. The molecule has 0 saturated carbocycles. The van der Waals surface area contributed by atoms with Gasteiger partial charge in [0.2, 0.25) is 0 Å². The molecule has 1 aromatic rings. The van der Waals surface area contributed by atoms with E-state index in [4.69, 9.17) is 5.11 Å². The van der Waals surface area contributed by atoms with Crippen LogP contribution in [0.4, 0.5) is 0 Å². The Morgan fingerprint density at radius 1 is 1.43 bits per heavy atom. The summed E-state index contributed by atoms with van der Waals surface area (Å²) in [6.07, 6.45) is -0.105. The van der Waals surface area contributed by atoms with Crippen molar-refractivity contribution in [2.75, 3.05) is 0 Å². The van der Waals surface area contributed by atoms with E-state index >= 15 is 0 Å². The molecular formula is C10H9IO3. The van der Waals surface area contributed by atoms with Crippen molar-refractivity contribution in [1.82, 2.24) is 0 Å². The summed E-state index contributed by atoms with van der Waals surface area (Å²) in [6.45, 7) is 1.44. The van der Waals surface area contributed by atoms with E-state index in [1.165, 1.54) is 6.92 Å². The van der Waals surface area contributed by atoms with Gasteiger partial charge in [-0.3, -0.25) is 9.59 Å². The fraction of sp³-hybridized carbons (Fsp3) is 0.200. The predicted octanol–water partition coefficient (Wildman–Crippen LogP) is 2.12. The van der Waals surface area contributed by atoms with Crippen molar-refractivity contribution in [3.05, 3.63) is 32.9 Å². The van der Waals surface area contributed by atoms with Crippen LogP contribution in [-0.2, 0) is 11.2 Å². The average molecular weight is 304 g/mol. The zero-order valence-electron chi connectivity index (χ0n) is 7.58. The van der Waals surface area contributed by atoms with Crippen molar-refractivity contribution in [2.24, 2.45) is 0 Å². The lowest BCUT2D eigenvalue weighted by Crippen LogP contribution is -2.06. The van der Waals surface area contributed by atoms with Crippen molar-refractivity contribution in [3.8, 4) is 0 Å². The molecule has 0 amide bonds. The fourth-order valence-electron chi connectivity index (χ4n) is 1.19. The SMILES string of the molecule is CC(=O)c1cc(I)ccc1CC(=O)O. The molecule has 0 bridgehead atoms. The van der Waals surface area contributed by atoms with E-state index in [0.29, 0.717) is 11.1 Å². The van der Waals surface area contributed by atoms with Gasteiger partial charge in [0.15, 0.2) is 5.78 Å². The minimum absolute atomic E-state index is 0.0974. The number of carboxylic acid groups (broad SMARTS) is 1. The zero-order valence-corrected chi connectivity index (χ0v) is 9.74. The van der Waals surface area contributed by atoms with Gasteiger partial charge in [0.1, 0.15) is 0 Å². The van der Waals surface area contributed by atoms with Gasteiger partial charge in [0, 0.05) is 9.13 Å². The summed E-state index contributed by atoms with van der Waals surface area (Å²) in [5.41, 5.74) is 1.07. The number of aliphatic carboxylic acids is 1. The highest BCUT2D eigenvalue weighted by Gasteiger charge is 2.10. The topological polar surface area (TPSA) is 54.4 Å². The van der Waals surface area contributed by atoms with Gasteiger partial charge in [-0.05, 0) is 47.2 Å². The van der Waals surface area contributed by atoms with E-state index in [1.807, 2.05) is 0 Å². The summed E-state index contributed by atoms with van der Waals surface area (Å²) < 4.78 is 0.932. The van der Waals surface area contributed by atoms with Gasteiger partial charge in [-0.15, -0.1) is 0 Å². The first kappa shape index (κ1) is 11.2. The third kappa shape index (κ3) is 2.80. The van der Waals surface area contributed by atoms with Crippen LogP contribution in [0.5, 0.6) is 0 Å². The molecule has 3 nitrogen and oxygen atoms in total.